The maximum Gasteiger partial charge on any atom is 0.251 e. The first-order valence-corrected chi connectivity index (χ1v) is 13.0. The number of hydrogen-bond donors (Lipinski definition) is 4. The molecule has 0 saturated carbocycles. The van der Waals surface area contributed by atoms with Crippen molar-refractivity contribution in [2.45, 2.75) is 26.2 Å². The number of benzene rings is 4. The summed E-state index contributed by atoms with van der Waals surface area (Å²) in [5.74, 6) is 0.206. The molecule has 0 saturated heterocycles. The molecule has 43 heavy (non-hydrogen) atoms. The van der Waals surface area contributed by atoms with E-state index in [1.165, 1.54) is 0 Å². The molecule has 4 aliphatic rings. The monoisotopic (exact) mass is 586 g/mol. The minimum Gasteiger partial charge on any atom is -0.412 e. The molecule has 4 heterocycles. The highest BCUT2D eigenvalue weighted by molar-refractivity contribution is 5.99. The molecule has 11 heteroatoms. The van der Waals surface area contributed by atoms with E-state index in [4.69, 9.17) is 0 Å². The van der Waals surface area contributed by atoms with Gasteiger partial charge in [0.1, 0.15) is 0 Å². The molecule has 0 atom stereocenters. The summed E-state index contributed by atoms with van der Waals surface area (Å²) in [5.41, 5.74) is 7.70. The summed E-state index contributed by atoms with van der Waals surface area (Å²) in [6.07, 6.45) is 0. The summed E-state index contributed by atoms with van der Waals surface area (Å²) in [4.78, 5) is 43.8. The number of hydrogen-bond acceptors (Lipinski definition) is 4. The lowest BCUT2D eigenvalue weighted by Gasteiger charge is -1.89. The Morgan fingerprint density at radius 2 is 0.512 bits per heavy atom. The Kier molecular flexibility index (Phi) is 12.3. The molecule has 0 radical (unpaired) electrons. The van der Waals surface area contributed by atoms with Crippen molar-refractivity contribution in [3.05, 3.63) is 142 Å². The normalized spacial score (nSPS) is 13.6. The van der Waals surface area contributed by atoms with Gasteiger partial charge in [0.15, 0.2) is 0 Å². The number of fused-ring (bicyclic) bond motifs is 4. The number of rotatable bonds is 0. The lowest BCUT2D eigenvalue weighted by molar-refractivity contribution is 0.0957. The standard InChI is InChI=1S/4C8H7NO.3H2O/c4*10-8-7-4-2-1-3-6(7)5-9-8;;;/h4*1-4H,5H2,(H,9,10);3*1H2. The van der Waals surface area contributed by atoms with Crippen LogP contribution < -0.4 is 21.3 Å². The lowest BCUT2D eigenvalue weighted by Crippen LogP contribution is -2.12. The number of carbonyl (C=O) groups is 4. The molecule has 0 spiro atoms. The van der Waals surface area contributed by atoms with E-state index in [9.17, 15) is 19.2 Å². The van der Waals surface area contributed by atoms with Gasteiger partial charge in [-0.2, -0.15) is 0 Å². The van der Waals surface area contributed by atoms with Gasteiger partial charge in [-0.05, 0) is 46.5 Å². The molecule has 4 aromatic carbocycles. The molecule has 0 fully saturated rings. The Morgan fingerprint density at radius 1 is 0.326 bits per heavy atom. The molecular formula is C32H34N4O7. The number of carbonyl (C=O) groups excluding carboxylic acids is 4. The summed E-state index contributed by atoms with van der Waals surface area (Å²) in [5, 5.41) is 11.0. The van der Waals surface area contributed by atoms with Gasteiger partial charge in [-0.25, -0.2) is 0 Å². The van der Waals surface area contributed by atoms with Gasteiger partial charge in [-0.15, -0.1) is 0 Å². The molecule has 4 aromatic rings. The van der Waals surface area contributed by atoms with Crippen LogP contribution in [0.25, 0.3) is 0 Å². The SMILES string of the molecule is O.O.O.O=C1NCc2ccccc21.O=C1NCc2ccccc21.O=C1NCc2ccccc21.O=C1NCc2ccccc21. The molecule has 0 unspecified atom stereocenters. The van der Waals surface area contributed by atoms with E-state index in [1.807, 2.05) is 97.1 Å². The average molecular weight is 587 g/mol. The molecule has 4 amide bonds. The van der Waals surface area contributed by atoms with Crippen molar-refractivity contribution in [2.24, 2.45) is 0 Å². The highest BCUT2D eigenvalue weighted by atomic mass is 16.2. The van der Waals surface area contributed by atoms with Gasteiger partial charge in [-0.3, -0.25) is 19.2 Å². The minimum atomic E-state index is 0. The summed E-state index contributed by atoms with van der Waals surface area (Å²) in [6.45, 7) is 2.76. The highest BCUT2D eigenvalue weighted by Gasteiger charge is 2.18. The summed E-state index contributed by atoms with van der Waals surface area (Å²) < 4.78 is 0. The van der Waals surface area contributed by atoms with Gasteiger partial charge >= 0.3 is 0 Å². The van der Waals surface area contributed by atoms with Crippen LogP contribution in [-0.4, -0.2) is 40.1 Å². The largest absolute Gasteiger partial charge is 0.412 e. The van der Waals surface area contributed by atoms with Crippen LogP contribution >= 0.6 is 0 Å². The smallest absolute Gasteiger partial charge is 0.251 e. The zero-order valence-corrected chi connectivity index (χ0v) is 23.2. The van der Waals surface area contributed by atoms with Gasteiger partial charge in [0.2, 0.25) is 0 Å². The van der Waals surface area contributed by atoms with Gasteiger partial charge in [0.05, 0.1) is 0 Å². The van der Waals surface area contributed by atoms with Gasteiger partial charge < -0.3 is 37.7 Å². The first-order chi connectivity index (χ1) is 19.5. The third-order valence-electron chi connectivity index (χ3n) is 6.81. The van der Waals surface area contributed by atoms with Crippen molar-refractivity contribution >= 4 is 23.6 Å². The fourth-order valence-corrected chi connectivity index (χ4v) is 4.67. The van der Waals surface area contributed by atoms with Crippen LogP contribution in [0.4, 0.5) is 0 Å². The van der Waals surface area contributed by atoms with Crippen molar-refractivity contribution in [2.75, 3.05) is 0 Å². The van der Waals surface area contributed by atoms with Crippen LogP contribution in [0.15, 0.2) is 97.1 Å². The molecular weight excluding hydrogens is 552 g/mol. The van der Waals surface area contributed by atoms with Gasteiger partial charge in [0, 0.05) is 48.4 Å². The fraction of sp³-hybridized carbons (Fsp3) is 0.125. The molecule has 11 nitrogen and oxygen atoms in total. The van der Waals surface area contributed by atoms with Crippen LogP contribution in [0.5, 0.6) is 0 Å². The molecule has 10 N–H and O–H groups in total. The molecule has 224 valence electrons. The Balaban J connectivity index is 0.000000196. The van der Waals surface area contributed by atoms with Crippen LogP contribution in [-0.2, 0) is 26.2 Å². The van der Waals surface area contributed by atoms with Crippen molar-refractivity contribution in [3.8, 4) is 0 Å². The average Bonchev–Trinajstić information content (AvgIpc) is 3.78. The van der Waals surface area contributed by atoms with E-state index >= 15 is 0 Å². The van der Waals surface area contributed by atoms with Crippen molar-refractivity contribution in [1.82, 2.24) is 21.3 Å². The third kappa shape index (κ3) is 7.89. The maximum absolute atomic E-state index is 11.0. The van der Waals surface area contributed by atoms with Crippen molar-refractivity contribution in [3.63, 3.8) is 0 Å². The first-order valence-electron chi connectivity index (χ1n) is 13.0. The van der Waals surface area contributed by atoms with E-state index < -0.39 is 0 Å². The third-order valence-corrected chi connectivity index (χ3v) is 6.81. The fourth-order valence-electron chi connectivity index (χ4n) is 4.67. The van der Waals surface area contributed by atoms with E-state index in [2.05, 4.69) is 21.3 Å². The maximum atomic E-state index is 11.0. The predicted molar refractivity (Wildman–Crippen MR) is 161 cm³/mol. The predicted octanol–water partition coefficient (Wildman–Crippen LogP) is 1.25. The zero-order chi connectivity index (χ0) is 27.9. The van der Waals surface area contributed by atoms with E-state index in [0.29, 0.717) is 26.2 Å². The molecule has 8 rings (SSSR count). The zero-order valence-electron chi connectivity index (χ0n) is 23.2. The van der Waals surface area contributed by atoms with Crippen LogP contribution in [0.3, 0.4) is 0 Å². The lowest BCUT2D eigenvalue weighted by atomic mass is 10.1. The van der Waals surface area contributed by atoms with E-state index in [1.54, 1.807) is 0 Å². The number of nitrogens with one attached hydrogen (secondary N) is 4. The highest BCUT2D eigenvalue weighted by Crippen LogP contribution is 2.15. The van der Waals surface area contributed by atoms with Crippen molar-refractivity contribution in [1.29, 1.82) is 0 Å². The number of amides is 4. The Hall–Kier alpha value is -5.36. The molecule has 0 aromatic heterocycles. The quantitative estimate of drug-likeness (QED) is 0.239. The second-order valence-corrected chi connectivity index (χ2v) is 9.36. The Bertz CT molecular complexity index is 1370. The molecule has 4 aliphatic heterocycles. The molecule has 0 bridgehead atoms. The molecule has 0 aliphatic carbocycles. The Morgan fingerprint density at radius 3 is 0.698 bits per heavy atom. The summed E-state index contributed by atoms with van der Waals surface area (Å²) >= 11 is 0. The summed E-state index contributed by atoms with van der Waals surface area (Å²) in [7, 11) is 0. The minimum absolute atomic E-state index is 0. The first kappa shape index (κ1) is 33.8. The topological polar surface area (TPSA) is 211 Å². The summed E-state index contributed by atoms with van der Waals surface area (Å²) in [6, 6.07) is 30.5. The van der Waals surface area contributed by atoms with E-state index in [0.717, 1.165) is 44.5 Å². The van der Waals surface area contributed by atoms with Gasteiger partial charge in [0.25, 0.3) is 23.6 Å². The van der Waals surface area contributed by atoms with Crippen molar-refractivity contribution < 1.29 is 35.6 Å². The van der Waals surface area contributed by atoms with Crippen LogP contribution in [0, 0.1) is 0 Å². The van der Waals surface area contributed by atoms with E-state index in [-0.39, 0.29) is 40.1 Å². The van der Waals surface area contributed by atoms with Gasteiger partial charge in [-0.1, -0.05) is 72.8 Å². The second-order valence-electron chi connectivity index (χ2n) is 9.36. The van der Waals surface area contributed by atoms with Crippen LogP contribution in [0.2, 0.25) is 0 Å². The van der Waals surface area contributed by atoms with Crippen LogP contribution in [0.1, 0.15) is 63.7 Å². The Labute approximate surface area is 248 Å². The second kappa shape index (κ2) is 15.6.